The Morgan fingerprint density at radius 3 is 2.40 bits per heavy atom. The molecule has 2 aromatic heterocycles. The minimum atomic E-state index is -4.47. The van der Waals surface area contributed by atoms with Gasteiger partial charge >= 0.3 is 6.18 Å². The molecule has 0 fully saturated rings. The molecule has 0 atom stereocenters. The Morgan fingerprint density at radius 1 is 1.05 bits per heavy atom. The van der Waals surface area contributed by atoms with Gasteiger partial charge in [0.2, 0.25) is 0 Å². The number of hydrogen-bond acceptors (Lipinski definition) is 2. The maximum absolute atomic E-state index is 12.9. The number of fused-ring (bicyclic) bond motifs is 1. The van der Waals surface area contributed by atoms with Gasteiger partial charge < -0.3 is 0 Å². The van der Waals surface area contributed by atoms with Crippen LogP contribution < -0.4 is 0 Å². The normalized spacial score (nSPS) is 12.0. The van der Waals surface area contributed by atoms with E-state index >= 15 is 0 Å². The van der Waals surface area contributed by atoms with Crippen LogP contribution in [0.15, 0.2) is 47.1 Å². The van der Waals surface area contributed by atoms with E-state index in [9.17, 15) is 13.2 Å². The van der Waals surface area contributed by atoms with E-state index < -0.39 is 11.9 Å². The highest BCUT2D eigenvalue weighted by atomic mass is 79.9. The molecule has 0 spiro atoms. The largest absolute Gasteiger partial charge is 0.433 e. The fraction of sp³-hybridized carbons (Fsp3) is 0.0769. The van der Waals surface area contributed by atoms with Gasteiger partial charge in [-0.3, -0.25) is 0 Å². The molecule has 0 radical (unpaired) electrons. The fourth-order valence-corrected chi connectivity index (χ4v) is 2.14. The molecule has 0 unspecified atom stereocenters. The lowest BCUT2D eigenvalue weighted by atomic mass is 10.2. The molecular weight excluding hydrogens is 335 g/mol. The van der Waals surface area contributed by atoms with Crippen molar-refractivity contribution >= 4 is 21.6 Å². The fourth-order valence-electron chi connectivity index (χ4n) is 1.87. The Kier molecular flexibility index (Phi) is 3.01. The quantitative estimate of drug-likeness (QED) is 0.664. The second-order valence-electron chi connectivity index (χ2n) is 4.13. The van der Waals surface area contributed by atoms with Crippen LogP contribution in [0.3, 0.4) is 0 Å². The minimum absolute atomic E-state index is 0.165. The molecule has 3 aromatic rings. The predicted octanol–water partition coefficient (Wildman–Crippen LogP) is 4.18. The van der Waals surface area contributed by atoms with Crippen LogP contribution >= 0.6 is 15.9 Å². The number of halogens is 4. The van der Waals surface area contributed by atoms with Crippen molar-refractivity contribution in [1.82, 2.24) is 14.6 Å². The molecule has 3 rings (SSSR count). The van der Waals surface area contributed by atoms with Crippen molar-refractivity contribution in [1.29, 1.82) is 0 Å². The Morgan fingerprint density at radius 2 is 1.75 bits per heavy atom. The zero-order chi connectivity index (χ0) is 14.3. The molecule has 2 heterocycles. The second-order valence-corrected chi connectivity index (χ2v) is 5.05. The SMILES string of the molecule is FC(F)(F)c1ccnc2cc(-c3ccc(Br)cc3)nn12. The monoisotopic (exact) mass is 341 g/mol. The summed E-state index contributed by atoms with van der Waals surface area (Å²) < 4.78 is 40.4. The van der Waals surface area contributed by atoms with E-state index in [-0.39, 0.29) is 5.65 Å². The van der Waals surface area contributed by atoms with Crippen LogP contribution in [-0.4, -0.2) is 14.6 Å². The Hall–Kier alpha value is -1.89. The van der Waals surface area contributed by atoms with E-state index in [1.165, 1.54) is 6.07 Å². The first-order valence-electron chi connectivity index (χ1n) is 5.63. The smallest absolute Gasteiger partial charge is 0.237 e. The Labute approximate surface area is 120 Å². The molecule has 3 nitrogen and oxygen atoms in total. The summed E-state index contributed by atoms with van der Waals surface area (Å²) >= 11 is 3.30. The van der Waals surface area contributed by atoms with Crippen molar-refractivity contribution in [3.05, 3.63) is 52.8 Å². The molecule has 0 aliphatic heterocycles. The molecule has 0 aliphatic rings. The molecule has 0 aliphatic carbocycles. The van der Waals surface area contributed by atoms with E-state index in [0.717, 1.165) is 26.8 Å². The Bertz CT molecular complexity index is 763. The standard InChI is InChI=1S/C13H7BrF3N3/c14-9-3-1-8(2-4-9)10-7-12-18-6-5-11(13(15,16)17)20(12)19-10/h1-7H. The first-order chi connectivity index (χ1) is 9.45. The molecule has 0 bridgehead atoms. The molecule has 7 heteroatoms. The molecular formula is C13H7BrF3N3. The third kappa shape index (κ3) is 2.29. The van der Waals surface area contributed by atoms with Gasteiger partial charge in [0, 0.05) is 22.3 Å². The number of rotatable bonds is 1. The van der Waals surface area contributed by atoms with Crippen molar-refractivity contribution in [2.75, 3.05) is 0 Å². The van der Waals surface area contributed by atoms with Crippen LogP contribution in [0.1, 0.15) is 5.69 Å². The topological polar surface area (TPSA) is 30.2 Å². The summed E-state index contributed by atoms with van der Waals surface area (Å²) in [7, 11) is 0. The van der Waals surface area contributed by atoms with Crippen molar-refractivity contribution < 1.29 is 13.2 Å². The summed E-state index contributed by atoms with van der Waals surface area (Å²) in [6.07, 6.45) is -3.34. The number of aromatic nitrogens is 3. The van der Waals surface area contributed by atoms with E-state index in [2.05, 4.69) is 26.0 Å². The summed E-state index contributed by atoms with van der Waals surface area (Å²) in [6.45, 7) is 0. The van der Waals surface area contributed by atoms with Gasteiger partial charge in [-0.2, -0.15) is 18.3 Å². The lowest BCUT2D eigenvalue weighted by Crippen LogP contribution is -2.12. The first-order valence-corrected chi connectivity index (χ1v) is 6.42. The highest BCUT2D eigenvalue weighted by Gasteiger charge is 2.34. The average molecular weight is 342 g/mol. The molecule has 0 saturated carbocycles. The van der Waals surface area contributed by atoms with E-state index in [4.69, 9.17) is 0 Å². The summed E-state index contributed by atoms with van der Waals surface area (Å²) in [5, 5.41) is 4.00. The average Bonchev–Trinajstić information content (AvgIpc) is 2.81. The van der Waals surface area contributed by atoms with Crippen molar-refractivity contribution in [2.24, 2.45) is 0 Å². The summed E-state index contributed by atoms with van der Waals surface area (Å²) in [5.41, 5.74) is 0.497. The van der Waals surface area contributed by atoms with Crippen molar-refractivity contribution in [3.63, 3.8) is 0 Å². The van der Waals surface area contributed by atoms with Crippen LogP contribution in [0.5, 0.6) is 0 Å². The molecule has 102 valence electrons. The van der Waals surface area contributed by atoms with E-state index in [1.54, 1.807) is 24.3 Å². The molecule has 0 amide bonds. The van der Waals surface area contributed by atoms with Crippen LogP contribution in [0.2, 0.25) is 0 Å². The lowest BCUT2D eigenvalue weighted by molar-refractivity contribution is -0.142. The Balaban J connectivity index is 2.18. The van der Waals surface area contributed by atoms with Gasteiger partial charge in [-0.1, -0.05) is 28.1 Å². The van der Waals surface area contributed by atoms with Gasteiger partial charge in [0.05, 0.1) is 5.69 Å². The zero-order valence-corrected chi connectivity index (χ0v) is 11.5. The maximum atomic E-state index is 12.9. The summed E-state index contributed by atoms with van der Waals surface area (Å²) in [5.74, 6) is 0. The molecule has 0 N–H and O–H groups in total. The molecule has 1 aromatic carbocycles. The van der Waals surface area contributed by atoms with Crippen LogP contribution in [0, 0.1) is 0 Å². The number of alkyl halides is 3. The van der Waals surface area contributed by atoms with E-state index in [0.29, 0.717) is 5.69 Å². The lowest BCUT2D eigenvalue weighted by Gasteiger charge is -2.07. The predicted molar refractivity (Wildman–Crippen MR) is 71.1 cm³/mol. The van der Waals surface area contributed by atoms with Crippen LogP contribution in [0.4, 0.5) is 13.2 Å². The van der Waals surface area contributed by atoms with E-state index in [1.807, 2.05) is 0 Å². The van der Waals surface area contributed by atoms with Gasteiger partial charge in [0.1, 0.15) is 5.69 Å². The molecule has 0 saturated heterocycles. The first kappa shape index (κ1) is 13.1. The van der Waals surface area contributed by atoms with Crippen molar-refractivity contribution in [2.45, 2.75) is 6.18 Å². The van der Waals surface area contributed by atoms with Crippen molar-refractivity contribution in [3.8, 4) is 11.3 Å². The maximum Gasteiger partial charge on any atom is 0.433 e. The van der Waals surface area contributed by atoms with Gasteiger partial charge in [-0.15, -0.1) is 0 Å². The number of hydrogen-bond donors (Lipinski definition) is 0. The zero-order valence-electron chi connectivity index (χ0n) is 9.89. The summed E-state index contributed by atoms with van der Waals surface area (Å²) in [6, 6.07) is 9.59. The van der Waals surface area contributed by atoms with Gasteiger partial charge in [-0.25, -0.2) is 9.50 Å². The minimum Gasteiger partial charge on any atom is -0.237 e. The third-order valence-electron chi connectivity index (χ3n) is 2.79. The molecule has 20 heavy (non-hydrogen) atoms. The van der Waals surface area contributed by atoms with Gasteiger partial charge in [-0.05, 0) is 18.2 Å². The van der Waals surface area contributed by atoms with Gasteiger partial charge in [0.25, 0.3) is 0 Å². The number of nitrogens with zero attached hydrogens (tertiary/aromatic N) is 3. The van der Waals surface area contributed by atoms with Crippen LogP contribution in [0.25, 0.3) is 16.9 Å². The number of benzene rings is 1. The highest BCUT2D eigenvalue weighted by molar-refractivity contribution is 9.10. The van der Waals surface area contributed by atoms with Gasteiger partial charge in [0.15, 0.2) is 5.65 Å². The third-order valence-corrected chi connectivity index (χ3v) is 3.32. The summed E-state index contributed by atoms with van der Waals surface area (Å²) in [4.78, 5) is 3.91. The second kappa shape index (κ2) is 4.59. The van der Waals surface area contributed by atoms with Crippen LogP contribution in [-0.2, 0) is 6.18 Å². The highest BCUT2D eigenvalue weighted by Crippen LogP contribution is 2.30.